The van der Waals surface area contributed by atoms with Gasteiger partial charge in [-0.2, -0.15) is 0 Å². The van der Waals surface area contributed by atoms with Crippen LogP contribution in [0.25, 0.3) is 0 Å². The van der Waals surface area contributed by atoms with E-state index in [1.165, 1.54) is 25.9 Å². The van der Waals surface area contributed by atoms with Crippen molar-refractivity contribution in [3.8, 4) is 0 Å². The molecule has 0 amide bonds. The predicted molar refractivity (Wildman–Crippen MR) is 53.7 cm³/mol. The number of halogens is 1. The molecule has 1 aromatic rings. The molecule has 2 fully saturated rings. The zero-order chi connectivity index (χ0) is 9.76. The molecule has 3 heterocycles. The Morgan fingerprint density at radius 2 is 2.14 bits per heavy atom. The molecule has 0 N–H and O–H groups in total. The molecule has 0 aliphatic carbocycles. The van der Waals surface area contributed by atoms with Gasteiger partial charge in [-0.05, 0) is 31.3 Å². The average Bonchev–Trinajstić information content (AvgIpc) is 2.76. The third-order valence-corrected chi connectivity index (χ3v) is 3.94. The minimum Gasteiger partial charge on any atom is -0.414 e. The molecule has 0 radical (unpaired) electrons. The van der Waals surface area contributed by atoms with Crippen molar-refractivity contribution >= 4 is 15.9 Å². The highest BCUT2D eigenvalue weighted by Gasteiger charge is 2.52. The van der Waals surface area contributed by atoms with Crippen molar-refractivity contribution in [2.75, 3.05) is 13.1 Å². The van der Waals surface area contributed by atoms with Gasteiger partial charge in [0.25, 0.3) is 4.80 Å². The maximum absolute atomic E-state index is 5.47. The maximum atomic E-state index is 5.47. The second-order valence-corrected chi connectivity index (χ2v) is 5.16. The fourth-order valence-electron chi connectivity index (χ4n) is 2.79. The monoisotopic (exact) mass is 257 g/mol. The lowest BCUT2D eigenvalue weighted by molar-refractivity contribution is 0.227. The summed E-state index contributed by atoms with van der Waals surface area (Å²) >= 11 is 3.20. The Balaban J connectivity index is 1.99. The summed E-state index contributed by atoms with van der Waals surface area (Å²) in [5, 5.41) is 7.94. The van der Waals surface area contributed by atoms with E-state index in [0.717, 1.165) is 5.89 Å². The molecule has 1 atom stereocenters. The van der Waals surface area contributed by atoms with Crippen LogP contribution in [0.4, 0.5) is 0 Å². The molecule has 5 heteroatoms. The Morgan fingerprint density at radius 1 is 1.43 bits per heavy atom. The first-order valence-corrected chi connectivity index (χ1v) is 5.71. The molecular weight excluding hydrogens is 246 g/mol. The number of piperidine rings is 1. The number of fused-ring (bicyclic) bond motifs is 2. The van der Waals surface area contributed by atoms with Crippen LogP contribution in [0.15, 0.2) is 9.22 Å². The summed E-state index contributed by atoms with van der Waals surface area (Å²) in [5.74, 6) is 0.773. The molecular formula is C9H12BrN3O. The van der Waals surface area contributed by atoms with Crippen molar-refractivity contribution in [3.63, 3.8) is 0 Å². The summed E-state index contributed by atoms with van der Waals surface area (Å²) < 4.78 is 5.47. The van der Waals surface area contributed by atoms with Gasteiger partial charge in [0.1, 0.15) is 0 Å². The lowest BCUT2D eigenvalue weighted by Crippen LogP contribution is -2.20. The van der Waals surface area contributed by atoms with Gasteiger partial charge < -0.3 is 4.42 Å². The van der Waals surface area contributed by atoms with E-state index in [0.29, 0.717) is 16.3 Å². The van der Waals surface area contributed by atoms with Gasteiger partial charge in [0.05, 0.1) is 6.04 Å². The zero-order valence-electron chi connectivity index (χ0n) is 8.03. The van der Waals surface area contributed by atoms with Crippen molar-refractivity contribution in [2.45, 2.75) is 25.8 Å². The molecule has 0 aromatic carbocycles. The molecule has 0 saturated carbocycles. The van der Waals surface area contributed by atoms with E-state index in [1.54, 1.807) is 0 Å². The molecule has 1 aromatic heterocycles. The summed E-state index contributed by atoms with van der Waals surface area (Å²) in [6, 6.07) is 0.348. The Labute approximate surface area is 90.8 Å². The van der Waals surface area contributed by atoms with E-state index >= 15 is 0 Å². The molecule has 0 spiro atoms. The Kier molecular flexibility index (Phi) is 1.77. The maximum Gasteiger partial charge on any atom is 0.284 e. The van der Waals surface area contributed by atoms with Crippen molar-refractivity contribution < 1.29 is 4.42 Å². The summed E-state index contributed by atoms with van der Waals surface area (Å²) in [7, 11) is 0. The van der Waals surface area contributed by atoms with E-state index in [4.69, 9.17) is 4.42 Å². The first kappa shape index (κ1) is 8.85. The Morgan fingerprint density at radius 3 is 2.57 bits per heavy atom. The minimum atomic E-state index is 0.348. The summed E-state index contributed by atoms with van der Waals surface area (Å²) in [6.07, 6.45) is 2.50. The van der Waals surface area contributed by atoms with Crippen LogP contribution in [0.3, 0.4) is 0 Å². The highest BCUT2D eigenvalue weighted by Crippen LogP contribution is 2.53. The van der Waals surface area contributed by atoms with Crippen LogP contribution in [-0.2, 0) is 0 Å². The molecule has 2 aliphatic rings. The Hall–Kier alpha value is -0.420. The highest BCUT2D eigenvalue weighted by atomic mass is 79.9. The van der Waals surface area contributed by atoms with Crippen LogP contribution in [0.1, 0.15) is 31.7 Å². The topological polar surface area (TPSA) is 42.2 Å². The lowest BCUT2D eigenvalue weighted by Gasteiger charge is -2.22. The molecule has 14 heavy (non-hydrogen) atoms. The van der Waals surface area contributed by atoms with Crippen molar-refractivity contribution in [3.05, 3.63) is 10.7 Å². The first-order chi connectivity index (χ1) is 6.69. The van der Waals surface area contributed by atoms with Gasteiger partial charge in [-0.25, -0.2) is 0 Å². The molecule has 2 saturated heterocycles. The fourth-order valence-corrected chi connectivity index (χ4v) is 3.03. The molecule has 76 valence electrons. The number of hydrogen-bond donors (Lipinski definition) is 0. The molecule has 1 unspecified atom stereocenters. The summed E-state index contributed by atoms with van der Waals surface area (Å²) in [5.41, 5.74) is 0.353. The quantitative estimate of drug-likeness (QED) is 0.772. The number of nitrogens with zero attached hydrogens (tertiary/aromatic N) is 3. The standard InChI is InChI=1S/C9H12BrN3O/c1-9-2-4-13(5-3-9)6(9)7-11-12-8(10)14-7/h6H,2-5H2,1H3. The second kappa shape index (κ2) is 2.79. The molecule has 2 bridgehead atoms. The lowest BCUT2D eigenvalue weighted by atomic mass is 9.81. The third-order valence-electron chi connectivity index (χ3n) is 3.62. The van der Waals surface area contributed by atoms with E-state index in [2.05, 4.69) is 38.0 Å². The van der Waals surface area contributed by atoms with Gasteiger partial charge in [-0.1, -0.05) is 6.92 Å². The van der Waals surface area contributed by atoms with E-state index in [1.807, 2.05) is 0 Å². The van der Waals surface area contributed by atoms with Crippen LogP contribution in [0, 0.1) is 5.41 Å². The number of hydrogen-bond acceptors (Lipinski definition) is 4. The second-order valence-electron chi connectivity index (χ2n) is 4.49. The first-order valence-electron chi connectivity index (χ1n) is 4.92. The highest BCUT2D eigenvalue weighted by molar-refractivity contribution is 9.10. The van der Waals surface area contributed by atoms with Crippen LogP contribution in [0.2, 0.25) is 0 Å². The van der Waals surface area contributed by atoms with E-state index in [-0.39, 0.29) is 0 Å². The van der Waals surface area contributed by atoms with Crippen molar-refractivity contribution in [1.82, 2.24) is 15.1 Å². The van der Waals surface area contributed by atoms with Gasteiger partial charge in [0.2, 0.25) is 5.89 Å². The zero-order valence-corrected chi connectivity index (χ0v) is 9.62. The van der Waals surface area contributed by atoms with Crippen molar-refractivity contribution in [2.24, 2.45) is 5.41 Å². The average molecular weight is 258 g/mol. The number of rotatable bonds is 1. The van der Waals surface area contributed by atoms with Crippen LogP contribution >= 0.6 is 15.9 Å². The largest absolute Gasteiger partial charge is 0.414 e. The normalized spacial score (nSPS) is 40.7. The number of aromatic nitrogens is 2. The summed E-state index contributed by atoms with van der Waals surface area (Å²) in [4.78, 5) is 2.93. The van der Waals surface area contributed by atoms with E-state index < -0.39 is 0 Å². The van der Waals surface area contributed by atoms with Crippen LogP contribution in [0.5, 0.6) is 0 Å². The van der Waals surface area contributed by atoms with Gasteiger partial charge in [0.15, 0.2) is 0 Å². The van der Waals surface area contributed by atoms with Crippen LogP contribution < -0.4 is 0 Å². The molecule has 3 rings (SSSR count). The Bertz CT molecular complexity index is 357. The third kappa shape index (κ3) is 1.08. The van der Waals surface area contributed by atoms with Crippen molar-refractivity contribution in [1.29, 1.82) is 0 Å². The van der Waals surface area contributed by atoms with E-state index in [9.17, 15) is 0 Å². The molecule has 2 aliphatic heterocycles. The predicted octanol–water partition coefficient (Wildman–Crippen LogP) is 1.99. The summed E-state index contributed by atoms with van der Waals surface area (Å²) in [6.45, 7) is 4.66. The van der Waals surface area contributed by atoms with Gasteiger partial charge >= 0.3 is 0 Å². The van der Waals surface area contributed by atoms with Gasteiger partial charge in [-0.15, -0.1) is 10.2 Å². The minimum absolute atomic E-state index is 0.348. The smallest absolute Gasteiger partial charge is 0.284 e. The van der Waals surface area contributed by atoms with Gasteiger partial charge in [-0.3, -0.25) is 4.90 Å². The van der Waals surface area contributed by atoms with Crippen LogP contribution in [-0.4, -0.2) is 28.2 Å². The van der Waals surface area contributed by atoms with Gasteiger partial charge in [0, 0.05) is 15.9 Å². The molecule has 4 nitrogen and oxygen atoms in total. The SMILES string of the molecule is CC12CCN(CC1)C2c1nnc(Br)o1. The fraction of sp³-hybridized carbons (Fsp3) is 0.778.